The Kier molecular flexibility index (Phi) is 4.32. The molecule has 3 heterocycles. The van der Waals surface area contributed by atoms with E-state index in [1.807, 2.05) is 55.5 Å². The Hall–Kier alpha value is -4.27. The van der Waals surface area contributed by atoms with Crippen molar-refractivity contribution in [3.8, 4) is 45.6 Å². The number of rotatable bonds is 5. The smallest absolute Gasteiger partial charge is 0.254 e. The molecule has 0 bridgehead atoms. The van der Waals surface area contributed by atoms with Crippen LogP contribution in [0.5, 0.6) is 5.75 Å². The van der Waals surface area contributed by atoms with Crippen molar-refractivity contribution in [3.63, 3.8) is 0 Å². The van der Waals surface area contributed by atoms with Crippen molar-refractivity contribution < 1.29 is 13.7 Å². The van der Waals surface area contributed by atoms with Crippen LogP contribution in [0.15, 0.2) is 69.9 Å². The van der Waals surface area contributed by atoms with Gasteiger partial charge in [0.15, 0.2) is 0 Å². The molecule has 0 radical (unpaired) electrons. The van der Waals surface area contributed by atoms with Crippen LogP contribution in [0.4, 0.5) is 0 Å². The van der Waals surface area contributed by atoms with Gasteiger partial charge in [0, 0.05) is 11.6 Å². The molecule has 3 aromatic heterocycles. The van der Waals surface area contributed by atoms with Crippen molar-refractivity contribution in [3.05, 3.63) is 66.7 Å². The van der Waals surface area contributed by atoms with Crippen LogP contribution < -0.4 is 4.74 Å². The lowest BCUT2D eigenvalue weighted by atomic mass is 10.1. The first-order chi connectivity index (χ1) is 14.7. The molecular formula is C21H16N6O3. The van der Waals surface area contributed by atoms with Crippen LogP contribution in [0, 0.1) is 6.92 Å². The molecule has 2 aromatic carbocycles. The minimum absolute atomic E-state index is 0.324. The first-order valence-electron chi connectivity index (χ1n) is 9.15. The summed E-state index contributed by atoms with van der Waals surface area (Å²) in [5.41, 5.74) is 3.68. The van der Waals surface area contributed by atoms with Gasteiger partial charge in [0.1, 0.15) is 22.8 Å². The van der Waals surface area contributed by atoms with Crippen LogP contribution in [0.2, 0.25) is 0 Å². The Bertz CT molecular complexity index is 1290. The number of aromatic nitrogens is 6. The van der Waals surface area contributed by atoms with Crippen LogP contribution in [-0.4, -0.2) is 37.5 Å². The fourth-order valence-corrected chi connectivity index (χ4v) is 3.20. The fourth-order valence-electron chi connectivity index (χ4n) is 3.20. The quantitative estimate of drug-likeness (QED) is 0.437. The summed E-state index contributed by atoms with van der Waals surface area (Å²) in [6.07, 6.45) is 3.36. The van der Waals surface area contributed by atoms with E-state index < -0.39 is 0 Å². The number of nitrogens with zero attached hydrogens (tertiary/aromatic N) is 6. The van der Waals surface area contributed by atoms with Crippen molar-refractivity contribution in [1.82, 2.24) is 30.3 Å². The first kappa shape index (κ1) is 17.8. The Morgan fingerprint density at radius 3 is 2.60 bits per heavy atom. The molecule has 5 rings (SSSR count). The number of hydrogen-bond donors (Lipinski definition) is 0. The number of ether oxygens (including phenoxy) is 1. The van der Waals surface area contributed by atoms with Gasteiger partial charge in [-0.1, -0.05) is 40.7 Å². The van der Waals surface area contributed by atoms with Gasteiger partial charge in [-0.3, -0.25) is 0 Å². The second-order valence-electron chi connectivity index (χ2n) is 6.47. The van der Waals surface area contributed by atoms with Crippen molar-refractivity contribution in [1.29, 1.82) is 0 Å². The highest BCUT2D eigenvalue weighted by atomic mass is 16.5. The highest BCUT2D eigenvalue weighted by molar-refractivity contribution is 5.78. The van der Waals surface area contributed by atoms with E-state index in [0.717, 1.165) is 11.3 Å². The average molecular weight is 400 g/mol. The predicted molar refractivity (Wildman–Crippen MR) is 107 cm³/mol. The van der Waals surface area contributed by atoms with E-state index in [0.29, 0.717) is 40.1 Å². The zero-order valence-electron chi connectivity index (χ0n) is 16.2. The van der Waals surface area contributed by atoms with Crippen LogP contribution in [-0.2, 0) is 0 Å². The maximum Gasteiger partial charge on any atom is 0.254 e. The molecule has 0 saturated carbocycles. The molecule has 0 aliphatic rings. The summed E-state index contributed by atoms with van der Waals surface area (Å²) in [4.78, 5) is 0. The SMILES string of the molecule is COc1cc(-n2ccnn2)ccc1-c1nnc(-c2c(-c3ccccc3)noc2C)o1. The molecule has 9 nitrogen and oxygen atoms in total. The molecule has 5 aromatic rings. The summed E-state index contributed by atoms with van der Waals surface area (Å²) >= 11 is 0. The normalized spacial score (nSPS) is 11.0. The number of hydrogen-bond acceptors (Lipinski definition) is 8. The van der Waals surface area contributed by atoms with Gasteiger partial charge >= 0.3 is 0 Å². The summed E-state index contributed by atoms with van der Waals surface area (Å²) in [6.45, 7) is 1.81. The molecule has 0 atom stereocenters. The molecule has 0 amide bonds. The second-order valence-corrected chi connectivity index (χ2v) is 6.47. The standard InChI is InChI=1S/C21H16N6O3/c1-13-18(19(25-30-13)14-6-4-3-5-7-14)21-24-23-20(29-21)16-9-8-15(12-17(16)28-2)27-11-10-22-26-27/h3-12H,1-2H3. The lowest BCUT2D eigenvalue weighted by Crippen LogP contribution is -1.97. The third-order valence-corrected chi connectivity index (χ3v) is 4.65. The minimum Gasteiger partial charge on any atom is -0.496 e. The molecule has 0 unspecified atom stereocenters. The minimum atomic E-state index is 0.324. The van der Waals surface area contributed by atoms with Gasteiger partial charge in [-0.2, -0.15) is 0 Å². The molecule has 0 N–H and O–H groups in total. The van der Waals surface area contributed by atoms with E-state index in [-0.39, 0.29) is 0 Å². The van der Waals surface area contributed by atoms with E-state index >= 15 is 0 Å². The van der Waals surface area contributed by atoms with Gasteiger partial charge < -0.3 is 13.7 Å². The predicted octanol–water partition coefficient (Wildman–Crippen LogP) is 3.96. The molecular weight excluding hydrogens is 384 g/mol. The lowest BCUT2D eigenvalue weighted by molar-refractivity contribution is 0.399. The van der Waals surface area contributed by atoms with E-state index in [4.69, 9.17) is 13.7 Å². The van der Waals surface area contributed by atoms with Crippen molar-refractivity contribution >= 4 is 0 Å². The van der Waals surface area contributed by atoms with Gasteiger partial charge in [0.2, 0.25) is 0 Å². The number of benzene rings is 2. The first-order valence-corrected chi connectivity index (χ1v) is 9.15. The zero-order chi connectivity index (χ0) is 20.5. The lowest BCUT2D eigenvalue weighted by Gasteiger charge is -2.07. The van der Waals surface area contributed by atoms with Gasteiger partial charge in [0.25, 0.3) is 11.8 Å². The molecule has 9 heteroatoms. The van der Waals surface area contributed by atoms with Gasteiger partial charge in [-0.25, -0.2) is 4.68 Å². The fraction of sp³-hybridized carbons (Fsp3) is 0.0952. The topological polar surface area (TPSA) is 105 Å². The van der Waals surface area contributed by atoms with E-state index in [1.54, 1.807) is 24.2 Å². The summed E-state index contributed by atoms with van der Waals surface area (Å²) in [7, 11) is 1.58. The van der Waals surface area contributed by atoms with Crippen molar-refractivity contribution in [2.75, 3.05) is 7.11 Å². The Morgan fingerprint density at radius 2 is 1.83 bits per heavy atom. The van der Waals surface area contributed by atoms with Crippen molar-refractivity contribution in [2.45, 2.75) is 6.92 Å². The van der Waals surface area contributed by atoms with E-state index in [1.165, 1.54) is 0 Å². The average Bonchev–Trinajstić information content (AvgIpc) is 3.54. The second kappa shape index (κ2) is 7.28. The van der Waals surface area contributed by atoms with Crippen LogP contribution in [0.1, 0.15) is 5.76 Å². The summed E-state index contributed by atoms with van der Waals surface area (Å²) in [5.74, 6) is 1.82. The summed E-state index contributed by atoms with van der Waals surface area (Å²) < 4.78 is 18.6. The van der Waals surface area contributed by atoms with Gasteiger partial charge in [-0.05, 0) is 19.1 Å². The monoisotopic (exact) mass is 400 g/mol. The van der Waals surface area contributed by atoms with Crippen LogP contribution in [0.3, 0.4) is 0 Å². The third-order valence-electron chi connectivity index (χ3n) is 4.65. The molecule has 0 fully saturated rings. The Balaban J connectivity index is 1.55. The third kappa shape index (κ3) is 3.02. The van der Waals surface area contributed by atoms with Crippen LogP contribution >= 0.6 is 0 Å². The zero-order valence-corrected chi connectivity index (χ0v) is 16.2. The summed E-state index contributed by atoms with van der Waals surface area (Å²) in [6, 6.07) is 15.2. The molecule has 0 aliphatic heterocycles. The van der Waals surface area contributed by atoms with E-state index in [9.17, 15) is 0 Å². The highest BCUT2D eigenvalue weighted by Crippen LogP contribution is 2.37. The largest absolute Gasteiger partial charge is 0.496 e. The molecule has 0 saturated heterocycles. The highest BCUT2D eigenvalue weighted by Gasteiger charge is 2.23. The number of methoxy groups -OCH3 is 1. The Labute approximate surface area is 170 Å². The molecule has 0 spiro atoms. The summed E-state index contributed by atoms with van der Waals surface area (Å²) in [5, 5.41) is 20.4. The molecule has 0 aliphatic carbocycles. The molecule has 30 heavy (non-hydrogen) atoms. The van der Waals surface area contributed by atoms with Crippen molar-refractivity contribution in [2.24, 2.45) is 0 Å². The van der Waals surface area contributed by atoms with Gasteiger partial charge in [0.05, 0.1) is 30.8 Å². The maximum atomic E-state index is 5.99. The number of aryl methyl sites for hydroxylation is 1. The van der Waals surface area contributed by atoms with E-state index in [2.05, 4.69) is 25.7 Å². The maximum absolute atomic E-state index is 5.99. The van der Waals surface area contributed by atoms with Crippen LogP contribution in [0.25, 0.3) is 39.9 Å². The Morgan fingerprint density at radius 1 is 1.00 bits per heavy atom. The van der Waals surface area contributed by atoms with Gasteiger partial charge in [-0.15, -0.1) is 15.3 Å². The molecule has 148 valence electrons.